The quantitative estimate of drug-likeness (QED) is 0.626. The van der Waals surface area contributed by atoms with E-state index >= 15 is 0 Å². The maximum atomic E-state index is 6.06. The van der Waals surface area contributed by atoms with Crippen LogP contribution in [0.1, 0.15) is 16.8 Å². The van der Waals surface area contributed by atoms with Crippen LogP contribution in [0.25, 0.3) is 0 Å². The lowest BCUT2D eigenvalue weighted by Gasteiger charge is -2.08. The smallest absolute Gasteiger partial charge is 0.193 e. The summed E-state index contributed by atoms with van der Waals surface area (Å²) >= 11 is 7.78. The number of halogens is 1. The number of methoxy groups -OCH3 is 1. The SMILES string of the molecule is CCc1cnc(CCN=C(N)Nc2ccc(OC)c(Cl)c2)s1. The molecule has 0 aliphatic heterocycles. The number of hydrogen-bond donors (Lipinski definition) is 2. The van der Waals surface area contributed by atoms with Crippen molar-refractivity contribution in [3.8, 4) is 5.75 Å². The van der Waals surface area contributed by atoms with E-state index in [1.54, 1.807) is 30.6 Å². The minimum atomic E-state index is 0.355. The van der Waals surface area contributed by atoms with E-state index in [0.29, 0.717) is 23.3 Å². The van der Waals surface area contributed by atoms with Gasteiger partial charge in [0.05, 0.1) is 17.1 Å². The number of hydrogen-bond acceptors (Lipinski definition) is 4. The van der Waals surface area contributed by atoms with Gasteiger partial charge in [0.15, 0.2) is 5.96 Å². The highest BCUT2D eigenvalue weighted by Crippen LogP contribution is 2.27. The average molecular weight is 339 g/mol. The van der Waals surface area contributed by atoms with Crippen LogP contribution in [0.5, 0.6) is 5.75 Å². The van der Waals surface area contributed by atoms with E-state index in [4.69, 9.17) is 22.1 Å². The fraction of sp³-hybridized carbons (Fsp3) is 0.333. The van der Waals surface area contributed by atoms with Crippen LogP contribution < -0.4 is 15.8 Å². The van der Waals surface area contributed by atoms with Crippen LogP contribution in [0, 0.1) is 0 Å². The van der Waals surface area contributed by atoms with Gasteiger partial charge < -0.3 is 15.8 Å². The molecule has 3 N–H and O–H groups in total. The minimum absolute atomic E-state index is 0.355. The number of thiazole rings is 1. The van der Waals surface area contributed by atoms with E-state index < -0.39 is 0 Å². The van der Waals surface area contributed by atoms with Gasteiger partial charge in [0.2, 0.25) is 0 Å². The molecule has 2 rings (SSSR count). The van der Waals surface area contributed by atoms with Crippen molar-refractivity contribution in [1.29, 1.82) is 0 Å². The van der Waals surface area contributed by atoms with Gasteiger partial charge in [-0.05, 0) is 24.6 Å². The predicted octanol–water partition coefficient (Wildman–Crippen LogP) is 3.34. The number of benzene rings is 1. The van der Waals surface area contributed by atoms with Crippen LogP contribution in [0.2, 0.25) is 5.02 Å². The van der Waals surface area contributed by atoms with Crippen molar-refractivity contribution in [1.82, 2.24) is 4.98 Å². The van der Waals surface area contributed by atoms with Crippen LogP contribution in [0.3, 0.4) is 0 Å². The Bertz CT molecular complexity index is 657. The Balaban J connectivity index is 1.88. The maximum Gasteiger partial charge on any atom is 0.193 e. The highest BCUT2D eigenvalue weighted by molar-refractivity contribution is 7.11. The third-order valence-electron chi connectivity index (χ3n) is 2.98. The van der Waals surface area contributed by atoms with Gasteiger partial charge in [-0.15, -0.1) is 11.3 Å². The average Bonchev–Trinajstić information content (AvgIpc) is 2.95. The molecule has 5 nitrogen and oxygen atoms in total. The molecule has 0 atom stereocenters. The highest BCUT2D eigenvalue weighted by Gasteiger charge is 2.03. The van der Waals surface area contributed by atoms with Gasteiger partial charge in [0.25, 0.3) is 0 Å². The molecule has 0 aliphatic rings. The van der Waals surface area contributed by atoms with Crippen molar-refractivity contribution in [2.45, 2.75) is 19.8 Å². The van der Waals surface area contributed by atoms with Crippen LogP contribution in [-0.2, 0) is 12.8 Å². The second-order valence-electron chi connectivity index (χ2n) is 4.57. The molecule has 0 saturated heterocycles. The first-order valence-electron chi connectivity index (χ1n) is 6.96. The third-order valence-corrected chi connectivity index (χ3v) is 4.48. The molecule has 0 spiro atoms. The summed E-state index contributed by atoms with van der Waals surface area (Å²) < 4.78 is 5.10. The summed E-state index contributed by atoms with van der Waals surface area (Å²) in [5.74, 6) is 0.978. The zero-order chi connectivity index (χ0) is 15.9. The van der Waals surface area contributed by atoms with Gasteiger partial charge in [-0.25, -0.2) is 4.98 Å². The Kier molecular flexibility index (Phi) is 6.03. The van der Waals surface area contributed by atoms with Gasteiger partial charge in [-0.3, -0.25) is 4.99 Å². The monoisotopic (exact) mass is 338 g/mol. The van der Waals surface area contributed by atoms with Gasteiger partial charge in [-0.1, -0.05) is 18.5 Å². The Morgan fingerprint density at radius 2 is 2.32 bits per heavy atom. The largest absolute Gasteiger partial charge is 0.495 e. The number of nitrogens with one attached hydrogen (secondary N) is 1. The Hall–Kier alpha value is -1.79. The standard InChI is InChI=1S/C15H19ClN4OS/c1-3-11-9-19-14(22-11)6-7-18-15(17)20-10-4-5-13(21-2)12(16)8-10/h4-5,8-9H,3,6-7H2,1-2H3,(H3,17,18,20). The van der Waals surface area contributed by atoms with Crippen LogP contribution in [-0.4, -0.2) is 24.6 Å². The van der Waals surface area contributed by atoms with Gasteiger partial charge in [-0.2, -0.15) is 0 Å². The van der Waals surface area contributed by atoms with E-state index in [1.807, 2.05) is 12.3 Å². The maximum absolute atomic E-state index is 6.06. The summed E-state index contributed by atoms with van der Waals surface area (Å²) in [6.07, 6.45) is 3.73. The van der Waals surface area contributed by atoms with Gasteiger partial charge >= 0.3 is 0 Å². The van der Waals surface area contributed by atoms with Crippen molar-refractivity contribution >= 4 is 34.6 Å². The molecule has 0 bridgehead atoms. The van der Waals surface area contributed by atoms with E-state index in [9.17, 15) is 0 Å². The molecule has 2 aromatic rings. The fourth-order valence-corrected chi connectivity index (χ4v) is 2.94. The normalized spacial score (nSPS) is 11.5. The first-order chi connectivity index (χ1) is 10.6. The molecule has 1 heterocycles. The summed E-state index contributed by atoms with van der Waals surface area (Å²) in [5, 5.41) is 4.61. The summed E-state index contributed by atoms with van der Waals surface area (Å²) in [5.41, 5.74) is 6.64. The topological polar surface area (TPSA) is 72.5 Å². The van der Waals surface area contributed by atoms with Crippen LogP contribution >= 0.6 is 22.9 Å². The number of ether oxygens (including phenoxy) is 1. The molecule has 118 valence electrons. The Morgan fingerprint density at radius 1 is 1.50 bits per heavy atom. The number of aliphatic imine (C=N–C) groups is 1. The lowest BCUT2D eigenvalue weighted by Crippen LogP contribution is -2.23. The Labute approximate surface area is 139 Å². The summed E-state index contributed by atoms with van der Waals surface area (Å²) in [6, 6.07) is 5.36. The Morgan fingerprint density at radius 3 is 2.95 bits per heavy atom. The first-order valence-corrected chi connectivity index (χ1v) is 8.16. The van der Waals surface area contributed by atoms with Gasteiger partial charge in [0.1, 0.15) is 5.75 Å². The summed E-state index contributed by atoms with van der Waals surface area (Å²) in [6.45, 7) is 2.72. The molecule has 0 radical (unpaired) electrons. The van der Waals surface area contributed by atoms with Gasteiger partial charge in [0, 0.05) is 29.7 Å². The molecule has 1 aromatic heterocycles. The number of anilines is 1. The van der Waals surface area contributed by atoms with Crippen molar-refractivity contribution in [3.05, 3.63) is 39.3 Å². The molecule has 0 fully saturated rings. The van der Waals surface area contributed by atoms with E-state index in [-0.39, 0.29) is 0 Å². The first kappa shape index (κ1) is 16.6. The summed E-state index contributed by atoms with van der Waals surface area (Å²) in [7, 11) is 1.58. The second-order valence-corrected chi connectivity index (χ2v) is 6.17. The molecular formula is C15H19ClN4OS. The molecular weight excluding hydrogens is 320 g/mol. The lowest BCUT2D eigenvalue weighted by molar-refractivity contribution is 0.415. The number of nitrogens with zero attached hydrogens (tertiary/aromatic N) is 2. The zero-order valence-electron chi connectivity index (χ0n) is 12.6. The zero-order valence-corrected chi connectivity index (χ0v) is 14.2. The van der Waals surface area contributed by atoms with Crippen LogP contribution in [0.15, 0.2) is 29.4 Å². The highest BCUT2D eigenvalue weighted by atomic mass is 35.5. The van der Waals surface area contributed by atoms with Crippen molar-refractivity contribution in [2.75, 3.05) is 19.0 Å². The van der Waals surface area contributed by atoms with Crippen molar-refractivity contribution in [3.63, 3.8) is 0 Å². The van der Waals surface area contributed by atoms with E-state index in [2.05, 4.69) is 22.2 Å². The molecule has 0 saturated carbocycles. The van der Waals surface area contributed by atoms with E-state index in [1.165, 1.54) is 4.88 Å². The number of aryl methyl sites for hydroxylation is 1. The molecule has 0 aliphatic carbocycles. The second kappa shape index (κ2) is 8.00. The minimum Gasteiger partial charge on any atom is -0.495 e. The molecule has 22 heavy (non-hydrogen) atoms. The lowest BCUT2D eigenvalue weighted by atomic mass is 10.3. The summed E-state index contributed by atoms with van der Waals surface area (Å²) in [4.78, 5) is 9.94. The molecule has 1 aromatic carbocycles. The fourth-order valence-electron chi connectivity index (χ4n) is 1.83. The number of nitrogens with two attached hydrogens (primary N) is 1. The predicted molar refractivity (Wildman–Crippen MR) is 93.3 cm³/mol. The number of guanidine groups is 1. The molecule has 7 heteroatoms. The van der Waals surface area contributed by atoms with Crippen LogP contribution in [0.4, 0.5) is 5.69 Å². The van der Waals surface area contributed by atoms with E-state index in [0.717, 1.165) is 23.5 Å². The number of aromatic nitrogens is 1. The molecule has 0 amide bonds. The van der Waals surface area contributed by atoms with Crippen molar-refractivity contribution in [2.24, 2.45) is 10.7 Å². The number of rotatable bonds is 6. The van der Waals surface area contributed by atoms with Crippen molar-refractivity contribution < 1.29 is 4.74 Å². The molecule has 0 unspecified atom stereocenters. The third kappa shape index (κ3) is 4.61.